The lowest BCUT2D eigenvalue weighted by molar-refractivity contribution is -0.139. The van der Waals surface area contributed by atoms with Crippen molar-refractivity contribution in [2.45, 2.75) is 65.5 Å². The molecule has 12 N–H and O–H groups in total. The Bertz CT molecular complexity index is 2820. The third-order valence-corrected chi connectivity index (χ3v) is 11.3. The van der Waals surface area contributed by atoms with E-state index in [1.807, 2.05) is 50.2 Å². The lowest BCUT2D eigenvalue weighted by atomic mass is 10.0. The molecule has 21 heteroatoms. The molecule has 2 unspecified atom stereocenters. The predicted molar refractivity (Wildman–Crippen MR) is 292 cm³/mol. The standard InChI is InChI=1S/2C28H30N4O6.H2O/c2*1-17-6-4-5-7-22(17)31-28(37)32-23-13-8-19(14-25(23)38-3)15-26(34)30-21-11-9-20(10-12-21)24(16-27(35)36)29-18(2)33;/h2*4-14,24H,15-16H2,1-3H3,(H,29,33)(H,30,34)(H,35,36)(H2,31,32,37);1H2. The first-order valence-electron chi connectivity index (χ1n) is 23.7. The van der Waals surface area contributed by atoms with Crippen molar-refractivity contribution in [1.29, 1.82) is 0 Å². The van der Waals surface area contributed by atoms with E-state index in [0.29, 0.717) is 67.9 Å². The average Bonchev–Trinajstić information content (AvgIpc) is 3.36. The number of aryl methyl sites for hydroxylation is 2. The van der Waals surface area contributed by atoms with Gasteiger partial charge in [0.25, 0.3) is 0 Å². The van der Waals surface area contributed by atoms with E-state index in [1.165, 1.54) is 28.1 Å². The Labute approximate surface area is 444 Å². The van der Waals surface area contributed by atoms with E-state index >= 15 is 0 Å². The number of carboxylic acids is 2. The number of hydrogen-bond acceptors (Lipinski definition) is 10. The Balaban J connectivity index is 0.000000328. The number of rotatable bonds is 20. The van der Waals surface area contributed by atoms with Gasteiger partial charge in [0.15, 0.2) is 0 Å². The van der Waals surface area contributed by atoms with Gasteiger partial charge in [-0.25, -0.2) is 9.59 Å². The fraction of sp³-hybridized carbons (Fsp3) is 0.214. The number of urea groups is 2. The van der Waals surface area contributed by atoms with Crippen molar-refractivity contribution in [3.05, 3.63) is 167 Å². The smallest absolute Gasteiger partial charge is 0.323 e. The van der Waals surface area contributed by atoms with Crippen LogP contribution in [0, 0.1) is 13.8 Å². The molecule has 6 aromatic carbocycles. The van der Waals surface area contributed by atoms with Gasteiger partial charge in [0.1, 0.15) is 11.5 Å². The van der Waals surface area contributed by atoms with Crippen molar-refractivity contribution in [2.24, 2.45) is 0 Å². The van der Waals surface area contributed by atoms with Crippen LogP contribution in [-0.4, -0.2) is 77.5 Å². The summed E-state index contributed by atoms with van der Waals surface area (Å²) in [5, 5.41) is 40.1. The molecule has 0 bridgehead atoms. The van der Waals surface area contributed by atoms with Crippen molar-refractivity contribution < 1.29 is 63.5 Å². The molecule has 0 heterocycles. The van der Waals surface area contributed by atoms with E-state index in [9.17, 15) is 38.4 Å². The van der Waals surface area contributed by atoms with Crippen LogP contribution in [0.25, 0.3) is 0 Å². The van der Waals surface area contributed by atoms with Crippen LogP contribution in [-0.2, 0) is 41.6 Å². The van der Waals surface area contributed by atoms with Crippen LogP contribution in [0.15, 0.2) is 133 Å². The third-order valence-electron chi connectivity index (χ3n) is 11.3. The molecular weight excluding hydrogens is 993 g/mol. The first-order chi connectivity index (χ1) is 36.3. The average molecular weight is 1060 g/mol. The van der Waals surface area contributed by atoms with Gasteiger partial charge in [0, 0.05) is 36.6 Å². The number of carbonyl (C=O) groups is 8. The minimum Gasteiger partial charge on any atom is -0.495 e. The summed E-state index contributed by atoms with van der Waals surface area (Å²) in [6, 6.07) is 36.0. The monoisotopic (exact) mass is 1050 g/mol. The highest BCUT2D eigenvalue weighted by Crippen LogP contribution is 2.29. The van der Waals surface area contributed by atoms with Crippen molar-refractivity contribution >= 4 is 81.8 Å². The number of methoxy groups -OCH3 is 2. The third kappa shape index (κ3) is 19.6. The van der Waals surface area contributed by atoms with Gasteiger partial charge >= 0.3 is 24.0 Å². The second-order valence-corrected chi connectivity index (χ2v) is 17.3. The minimum atomic E-state index is -1.04. The highest BCUT2D eigenvalue weighted by molar-refractivity contribution is 6.02. The molecular formula is C56H62N8O13. The van der Waals surface area contributed by atoms with Gasteiger partial charge in [0.2, 0.25) is 23.6 Å². The molecule has 21 nitrogen and oxygen atoms in total. The Morgan fingerprint density at radius 3 is 1.10 bits per heavy atom. The summed E-state index contributed by atoms with van der Waals surface area (Å²) in [7, 11) is 2.95. The molecule has 0 aromatic heterocycles. The number of carboxylic acid groups (broad SMARTS) is 2. The maximum absolute atomic E-state index is 12.6. The number of ether oxygens (including phenoxy) is 2. The van der Waals surface area contributed by atoms with Gasteiger partial charge in [-0.3, -0.25) is 28.8 Å². The molecule has 8 amide bonds. The molecule has 0 aliphatic rings. The summed E-state index contributed by atoms with van der Waals surface area (Å²) in [6.45, 7) is 6.43. The van der Waals surface area contributed by atoms with Crippen LogP contribution >= 0.6 is 0 Å². The quantitative estimate of drug-likeness (QED) is 0.0346. The number of nitrogens with one attached hydrogen (secondary N) is 8. The van der Waals surface area contributed by atoms with E-state index in [4.69, 9.17) is 19.7 Å². The van der Waals surface area contributed by atoms with Gasteiger partial charge in [-0.05, 0) is 108 Å². The largest absolute Gasteiger partial charge is 0.495 e. The molecule has 0 saturated carbocycles. The number of anilines is 6. The van der Waals surface area contributed by atoms with Crippen molar-refractivity contribution in [3.8, 4) is 11.5 Å². The fourth-order valence-electron chi connectivity index (χ4n) is 7.60. The molecule has 77 heavy (non-hydrogen) atoms. The van der Waals surface area contributed by atoms with Gasteiger partial charge in [-0.2, -0.15) is 0 Å². The highest BCUT2D eigenvalue weighted by atomic mass is 16.5. The molecule has 0 fully saturated rings. The number of amides is 8. The zero-order valence-electron chi connectivity index (χ0n) is 43.2. The van der Waals surface area contributed by atoms with Crippen LogP contribution < -0.4 is 52.0 Å². The van der Waals surface area contributed by atoms with Gasteiger partial charge in [-0.15, -0.1) is 0 Å². The van der Waals surface area contributed by atoms with E-state index in [-0.39, 0.29) is 54.8 Å². The normalized spacial score (nSPS) is 11.0. The van der Waals surface area contributed by atoms with Crippen LogP contribution in [0.1, 0.15) is 72.2 Å². The molecule has 0 saturated heterocycles. The fourth-order valence-corrected chi connectivity index (χ4v) is 7.60. The Morgan fingerprint density at radius 1 is 0.455 bits per heavy atom. The molecule has 0 spiro atoms. The second kappa shape index (κ2) is 29.2. The molecule has 6 aromatic rings. The number of hydrogen-bond donors (Lipinski definition) is 10. The van der Waals surface area contributed by atoms with Crippen molar-refractivity contribution in [3.63, 3.8) is 0 Å². The predicted octanol–water partition coefficient (Wildman–Crippen LogP) is 8.14. The lowest BCUT2D eigenvalue weighted by Crippen LogP contribution is -2.28. The van der Waals surface area contributed by atoms with Gasteiger partial charge in [0.05, 0.1) is 63.4 Å². The Morgan fingerprint density at radius 2 is 0.792 bits per heavy atom. The lowest BCUT2D eigenvalue weighted by Gasteiger charge is -2.17. The van der Waals surface area contributed by atoms with Crippen LogP contribution in [0.5, 0.6) is 11.5 Å². The molecule has 0 aliphatic carbocycles. The molecule has 0 aliphatic heterocycles. The molecule has 2 atom stereocenters. The second-order valence-electron chi connectivity index (χ2n) is 17.3. The van der Waals surface area contributed by atoms with Gasteiger partial charge < -0.3 is 67.7 Å². The van der Waals surface area contributed by atoms with E-state index in [2.05, 4.69) is 42.5 Å². The zero-order valence-corrected chi connectivity index (χ0v) is 43.2. The molecule has 6 rings (SSSR count). The van der Waals surface area contributed by atoms with Gasteiger partial charge in [-0.1, -0.05) is 72.8 Å². The molecule has 404 valence electrons. The molecule has 0 radical (unpaired) electrons. The highest BCUT2D eigenvalue weighted by Gasteiger charge is 2.19. The maximum atomic E-state index is 12.6. The number of benzene rings is 6. The van der Waals surface area contributed by atoms with Crippen molar-refractivity contribution in [2.75, 3.05) is 46.1 Å². The SMILES string of the molecule is COc1cc(CC(=O)Nc2ccc(C(CC(=O)O)NC(C)=O)cc2)ccc1NC(=O)Nc1ccccc1C.COc1cc(CC(=O)Nc2ccc(C(CC(=O)O)NC(C)=O)cc2)ccc1NC(=O)Nc1ccccc1C.O. The Hall–Kier alpha value is -9.76. The van der Waals surface area contributed by atoms with Crippen molar-refractivity contribution in [1.82, 2.24) is 10.6 Å². The van der Waals surface area contributed by atoms with Crippen LogP contribution in [0.3, 0.4) is 0 Å². The number of para-hydroxylation sites is 2. The summed E-state index contributed by atoms with van der Waals surface area (Å²) < 4.78 is 10.8. The summed E-state index contributed by atoms with van der Waals surface area (Å²) in [5.41, 5.74) is 7.76. The van der Waals surface area contributed by atoms with Crippen LogP contribution in [0.4, 0.5) is 43.7 Å². The number of aliphatic carboxylic acids is 2. The van der Waals surface area contributed by atoms with E-state index < -0.39 is 36.1 Å². The minimum absolute atomic E-state index is 0. The summed E-state index contributed by atoms with van der Waals surface area (Å²) in [6.07, 6.45) is -0.403. The maximum Gasteiger partial charge on any atom is 0.323 e. The first kappa shape index (κ1) is 59.8. The Kier molecular flexibility index (Phi) is 22.7. The topological polar surface area (TPSA) is 323 Å². The summed E-state index contributed by atoms with van der Waals surface area (Å²) >= 11 is 0. The number of carbonyl (C=O) groups excluding carboxylic acids is 6. The van der Waals surface area contributed by atoms with E-state index in [0.717, 1.165) is 11.1 Å². The summed E-state index contributed by atoms with van der Waals surface area (Å²) in [4.78, 5) is 95.2. The van der Waals surface area contributed by atoms with E-state index in [1.54, 1.807) is 97.1 Å². The summed E-state index contributed by atoms with van der Waals surface area (Å²) in [5.74, 6) is -2.49. The first-order valence-corrected chi connectivity index (χ1v) is 23.7. The zero-order chi connectivity index (χ0) is 55.3. The van der Waals surface area contributed by atoms with Crippen LogP contribution in [0.2, 0.25) is 0 Å².